The van der Waals surface area contributed by atoms with Gasteiger partial charge in [-0.25, -0.2) is 4.99 Å². The van der Waals surface area contributed by atoms with E-state index in [-0.39, 0.29) is 0 Å². The minimum atomic E-state index is -1.89. The van der Waals surface area contributed by atoms with Crippen LogP contribution in [-0.2, 0) is 4.74 Å². The lowest BCUT2D eigenvalue weighted by molar-refractivity contribution is 0.348. The molecule has 2 nitrogen and oxygen atoms in total. The Hall–Kier alpha value is -2.77. The van der Waals surface area contributed by atoms with Crippen LogP contribution in [0.3, 0.4) is 0 Å². The molecule has 1 aliphatic heterocycles. The van der Waals surface area contributed by atoms with Crippen LogP contribution >= 0.6 is 7.26 Å². The van der Waals surface area contributed by atoms with Gasteiger partial charge in [0.25, 0.3) is 0 Å². The summed E-state index contributed by atoms with van der Waals surface area (Å²) >= 11 is 0. The molecule has 0 N–H and O–H groups in total. The molecule has 4 rings (SSSR count). The highest BCUT2D eigenvalue weighted by atomic mass is 31.2. The Balaban J connectivity index is 0.000000617. The molecule has 0 spiro atoms. The maximum atomic E-state index is 9.50. The van der Waals surface area contributed by atoms with Crippen LogP contribution < -0.4 is 15.9 Å². The van der Waals surface area contributed by atoms with Crippen molar-refractivity contribution in [1.82, 2.24) is 0 Å². The summed E-state index contributed by atoms with van der Waals surface area (Å²) < 4.78 is 15.5. The predicted octanol–water partition coefficient (Wildman–Crippen LogP) is 7.75. The van der Waals surface area contributed by atoms with Crippen molar-refractivity contribution >= 4 is 29.1 Å². The SMILES string of the molecule is C=CCCC.CCC(CC)C[P+](c1ccccc1)(c1ccccc1)c1ccccc1C1=NCCO1.CF. The summed E-state index contributed by atoms with van der Waals surface area (Å²) in [5.41, 5.74) is 1.17. The van der Waals surface area contributed by atoms with Gasteiger partial charge in [0, 0.05) is 0 Å². The Kier molecular flexibility index (Phi) is 13.9. The number of allylic oxidation sites excluding steroid dienone is 1. The first-order valence-electron chi connectivity index (χ1n) is 13.5. The Morgan fingerprint density at radius 3 is 1.84 bits per heavy atom. The number of hydrogen-bond acceptors (Lipinski definition) is 2. The number of hydrogen-bond donors (Lipinski definition) is 0. The molecule has 0 amide bonds. The van der Waals surface area contributed by atoms with Crippen LogP contribution in [0.25, 0.3) is 0 Å². The maximum Gasteiger partial charge on any atom is 0.220 e. The summed E-state index contributed by atoms with van der Waals surface area (Å²) in [6, 6.07) is 31.1. The van der Waals surface area contributed by atoms with Gasteiger partial charge in [-0.1, -0.05) is 81.8 Å². The van der Waals surface area contributed by atoms with Crippen molar-refractivity contribution in [2.45, 2.75) is 46.5 Å². The molecule has 198 valence electrons. The molecule has 0 bridgehead atoms. The number of alkyl halides is 1. The van der Waals surface area contributed by atoms with E-state index in [0.29, 0.717) is 19.7 Å². The van der Waals surface area contributed by atoms with Crippen LogP contribution in [0.5, 0.6) is 0 Å². The summed E-state index contributed by atoms with van der Waals surface area (Å²) in [7, 11) is -1.39. The van der Waals surface area contributed by atoms with Crippen LogP contribution in [0.4, 0.5) is 4.39 Å². The van der Waals surface area contributed by atoms with Gasteiger partial charge >= 0.3 is 0 Å². The van der Waals surface area contributed by atoms with Crippen molar-refractivity contribution < 1.29 is 9.13 Å². The third-order valence-corrected chi connectivity index (χ3v) is 11.3. The lowest BCUT2D eigenvalue weighted by Gasteiger charge is -2.31. The molecule has 0 unspecified atom stereocenters. The Morgan fingerprint density at radius 1 is 0.865 bits per heavy atom. The molecule has 0 saturated heterocycles. The van der Waals surface area contributed by atoms with Crippen molar-refractivity contribution in [3.8, 4) is 0 Å². The smallest absolute Gasteiger partial charge is 0.220 e. The summed E-state index contributed by atoms with van der Waals surface area (Å²) in [4.78, 5) is 4.70. The van der Waals surface area contributed by atoms with Gasteiger partial charge in [-0.3, -0.25) is 4.39 Å². The van der Waals surface area contributed by atoms with Gasteiger partial charge < -0.3 is 4.74 Å². The zero-order valence-electron chi connectivity index (χ0n) is 23.1. The van der Waals surface area contributed by atoms with Gasteiger partial charge in [0.15, 0.2) is 0 Å². The van der Waals surface area contributed by atoms with E-state index in [9.17, 15) is 4.39 Å². The second-order valence-corrected chi connectivity index (χ2v) is 12.5. The van der Waals surface area contributed by atoms with Crippen LogP contribution in [0, 0.1) is 5.92 Å². The molecule has 3 aromatic rings. The van der Waals surface area contributed by atoms with Gasteiger partial charge in [0.2, 0.25) is 5.90 Å². The van der Waals surface area contributed by atoms with Crippen LogP contribution in [0.15, 0.2) is 103 Å². The van der Waals surface area contributed by atoms with Crippen LogP contribution in [-0.4, -0.2) is 32.4 Å². The molecule has 4 heteroatoms. The van der Waals surface area contributed by atoms with Gasteiger partial charge in [-0.2, -0.15) is 0 Å². The second-order valence-electron chi connectivity index (χ2n) is 8.98. The molecule has 0 aromatic heterocycles. The Labute approximate surface area is 225 Å². The van der Waals surface area contributed by atoms with Crippen molar-refractivity contribution in [2.24, 2.45) is 10.9 Å². The number of nitrogens with zero attached hydrogens (tertiary/aromatic N) is 1. The molecular formula is C33H44FNOP+. The quantitative estimate of drug-likeness (QED) is 0.198. The normalized spacial score (nSPS) is 12.4. The van der Waals surface area contributed by atoms with E-state index in [2.05, 4.69) is 112 Å². The minimum absolute atomic E-state index is 0.500. The molecular weight excluding hydrogens is 476 g/mol. The average molecular weight is 521 g/mol. The number of halogens is 1. The molecule has 1 aliphatic rings. The molecule has 0 atom stereocenters. The number of ether oxygens (including phenoxy) is 1. The van der Waals surface area contributed by atoms with E-state index in [1.165, 1.54) is 46.9 Å². The summed E-state index contributed by atoms with van der Waals surface area (Å²) in [5, 5.41) is 4.28. The van der Waals surface area contributed by atoms with Gasteiger partial charge in [0.05, 0.1) is 25.4 Å². The van der Waals surface area contributed by atoms with Gasteiger partial charge in [-0.15, -0.1) is 6.58 Å². The molecule has 0 aliphatic carbocycles. The number of rotatable bonds is 10. The summed E-state index contributed by atoms with van der Waals surface area (Å²) in [5.74, 6) is 1.48. The molecule has 0 fully saturated rings. The van der Waals surface area contributed by atoms with Crippen LogP contribution in [0.1, 0.15) is 52.0 Å². The van der Waals surface area contributed by atoms with E-state index in [0.717, 1.165) is 18.9 Å². The third kappa shape index (κ3) is 7.86. The fraction of sp³-hybridized carbons (Fsp3) is 0.364. The molecule has 37 heavy (non-hydrogen) atoms. The van der Waals surface area contributed by atoms with Crippen molar-refractivity contribution in [3.63, 3.8) is 0 Å². The first kappa shape index (κ1) is 30.5. The standard InChI is InChI=1S/C27H31NOP.C5H10.CH3F/c1-3-22(4-2)21-30(23-13-7-5-8-14-23,24-15-9-6-10-16-24)26-18-12-11-17-25(26)27-28-19-20-29-27;1-3-5-4-2;1-2/h5-18,22H,3-4,19-21H2,1-2H3;3H,1,4-5H2,2H3;1H3/q+1;;. The van der Waals surface area contributed by atoms with Crippen LogP contribution in [0.2, 0.25) is 0 Å². The third-order valence-electron chi connectivity index (χ3n) is 6.70. The highest BCUT2D eigenvalue weighted by Gasteiger charge is 2.48. The van der Waals surface area contributed by atoms with Crippen molar-refractivity contribution in [3.05, 3.63) is 103 Å². The monoisotopic (exact) mass is 520 g/mol. The zero-order valence-corrected chi connectivity index (χ0v) is 24.0. The van der Waals surface area contributed by atoms with E-state index >= 15 is 0 Å². The van der Waals surface area contributed by atoms with E-state index in [1.54, 1.807) is 0 Å². The topological polar surface area (TPSA) is 21.6 Å². The average Bonchev–Trinajstić information content (AvgIpc) is 3.52. The highest BCUT2D eigenvalue weighted by molar-refractivity contribution is 7.95. The number of aliphatic imine (C=N–C) groups is 1. The van der Waals surface area contributed by atoms with E-state index in [1.807, 2.05) is 6.08 Å². The minimum Gasteiger partial charge on any atom is -0.475 e. The maximum absolute atomic E-state index is 9.50. The Bertz CT molecular complexity index is 1020. The fourth-order valence-corrected chi connectivity index (χ4v) is 9.77. The van der Waals surface area contributed by atoms with Gasteiger partial charge in [-0.05, 0) is 61.6 Å². The van der Waals surface area contributed by atoms with E-state index in [4.69, 9.17) is 9.73 Å². The number of unbranched alkanes of at least 4 members (excludes halogenated alkanes) is 1. The van der Waals surface area contributed by atoms with Crippen molar-refractivity contribution in [1.29, 1.82) is 0 Å². The molecule has 0 saturated carbocycles. The summed E-state index contributed by atoms with van der Waals surface area (Å²) in [6.45, 7) is 11.8. The largest absolute Gasteiger partial charge is 0.475 e. The summed E-state index contributed by atoms with van der Waals surface area (Å²) in [6.07, 6.45) is 7.86. The second kappa shape index (κ2) is 16.9. The predicted molar refractivity (Wildman–Crippen MR) is 164 cm³/mol. The molecule has 1 heterocycles. The lowest BCUT2D eigenvalue weighted by Crippen LogP contribution is -2.38. The molecule has 3 aromatic carbocycles. The van der Waals surface area contributed by atoms with Crippen molar-refractivity contribution in [2.75, 3.05) is 26.5 Å². The highest BCUT2D eigenvalue weighted by Crippen LogP contribution is 2.58. The number of benzene rings is 3. The first-order valence-corrected chi connectivity index (χ1v) is 15.4. The van der Waals surface area contributed by atoms with Gasteiger partial charge in [0.1, 0.15) is 29.8 Å². The molecule has 0 radical (unpaired) electrons. The zero-order chi connectivity index (χ0) is 26.9. The Morgan fingerprint density at radius 2 is 1.41 bits per heavy atom. The lowest BCUT2D eigenvalue weighted by atomic mass is 10.1. The van der Waals surface area contributed by atoms with E-state index < -0.39 is 7.26 Å². The fourth-order valence-electron chi connectivity index (χ4n) is 4.73. The first-order chi connectivity index (χ1) is 18.2.